The lowest BCUT2D eigenvalue weighted by molar-refractivity contribution is 0.0607. The minimum absolute atomic E-state index is 0.00677. The van der Waals surface area contributed by atoms with Crippen LogP contribution in [-0.2, 0) is 0 Å². The maximum atomic E-state index is 9.51. The zero-order valence-electron chi connectivity index (χ0n) is 10.8. The normalized spacial score (nSPS) is 28.0. The molecule has 1 aliphatic rings. The number of unbranched alkanes of at least 4 members (excludes halogenated alkanes) is 2. The molecule has 1 fully saturated rings. The summed E-state index contributed by atoms with van der Waals surface area (Å²) in [6.45, 7) is 7.11. The topological polar surface area (TPSA) is 20.2 Å². The third kappa shape index (κ3) is 4.14. The zero-order chi connectivity index (χ0) is 11.3. The summed E-state index contributed by atoms with van der Waals surface area (Å²) in [5, 5.41) is 9.51. The van der Waals surface area contributed by atoms with Crippen LogP contribution in [0.1, 0.15) is 72.1 Å². The maximum Gasteiger partial charge on any atom is 0.0540 e. The smallest absolute Gasteiger partial charge is 0.0540 e. The fourth-order valence-corrected chi connectivity index (χ4v) is 2.89. The molecule has 0 aromatic rings. The van der Waals surface area contributed by atoms with E-state index in [4.69, 9.17) is 0 Å². The van der Waals surface area contributed by atoms with E-state index in [0.717, 1.165) is 18.8 Å². The molecule has 0 atom stereocenters. The summed E-state index contributed by atoms with van der Waals surface area (Å²) in [7, 11) is 0. The van der Waals surface area contributed by atoms with Crippen molar-refractivity contribution in [1.82, 2.24) is 0 Å². The first-order valence-corrected chi connectivity index (χ1v) is 6.74. The van der Waals surface area contributed by atoms with Gasteiger partial charge in [0.25, 0.3) is 0 Å². The Morgan fingerprint density at radius 2 is 1.67 bits per heavy atom. The van der Waals surface area contributed by atoms with Crippen LogP contribution in [0.3, 0.4) is 0 Å². The van der Waals surface area contributed by atoms with E-state index >= 15 is 0 Å². The van der Waals surface area contributed by atoms with E-state index in [1.807, 2.05) is 0 Å². The van der Waals surface area contributed by atoms with Gasteiger partial charge in [0.15, 0.2) is 0 Å². The molecular weight excluding hydrogens is 184 g/mol. The molecule has 0 bridgehead atoms. The Morgan fingerprint density at radius 3 is 2.20 bits per heavy atom. The summed E-state index contributed by atoms with van der Waals surface area (Å²) >= 11 is 0. The molecule has 0 spiro atoms. The van der Waals surface area contributed by atoms with Crippen molar-refractivity contribution >= 4 is 0 Å². The molecule has 0 aromatic carbocycles. The van der Waals surface area contributed by atoms with Gasteiger partial charge in [-0.05, 0) is 43.4 Å². The average molecular weight is 212 g/mol. The molecule has 1 saturated carbocycles. The van der Waals surface area contributed by atoms with Crippen molar-refractivity contribution in [2.45, 2.75) is 78.2 Å². The zero-order valence-corrected chi connectivity index (χ0v) is 10.8. The van der Waals surface area contributed by atoms with E-state index in [9.17, 15) is 5.11 Å². The summed E-state index contributed by atoms with van der Waals surface area (Å²) in [5.74, 6) is 0.845. The van der Waals surface area contributed by atoms with E-state index in [2.05, 4.69) is 20.8 Å². The Labute approximate surface area is 95.3 Å². The van der Waals surface area contributed by atoms with Gasteiger partial charge in [-0.1, -0.05) is 40.0 Å². The quantitative estimate of drug-likeness (QED) is 0.679. The summed E-state index contributed by atoms with van der Waals surface area (Å²) in [6.07, 6.45) is 9.96. The molecule has 1 nitrogen and oxygen atoms in total. The summed E-state index contributed by atoms with van der Waals surface area (Å²) in [4.78, 5) is 0. The second-order valence-corrected chi connectivity index (χ2v) is 5.95. The van der Waals surface area contributed by atoms with Gasteiger partial charge in [-0.15, -0.1) is 0 Å². The van der Waals surface area contributed by atoms with Crippen LogP contribution in [0.2, 0.25) is 0 Å². The van der Waals surface area contributed by atoms with Crippen molar-refractivity contribution in [2.75, 3.05) is 0 Å². The number of hydrogen-bond donors (Lipinski definition) is 1. The van der Waals surface area contributed by atoms with Gasteiger partial charge >= 0.3 is 0 Å². The molecule has 1 aliphatic carbocycles. The van der Waals surface area contributed by atoms with Crippen LogP contribution in [0, 0.1) is 11.3 Å². The number of aliphatic hydroxyl groups excluding tert-OH is 1. The monoisotopic (exact) mass is 212 g/mol. The van der Waals surface area contributed by atoms with Crippen LogP contribution in [0.5, 0.6) is 0 Å². The second-order valence-electron chi connectivity index (χ2n) is 5.95. The molecule has 90 valence electrons. The molecule has 0 aliphatic heterocycles. The van der Waals surface area contributed by atoms with E-state index in [0.29, 0.717) is 5.41 Å². The summed E-state index contributed by atoms with van der Waals surface area (Å²) < 4.78 is 0. The first-order chi connectivity index (χ1) is 7.06. The molecule has 0 aromatic heterocycles. The van der Waals surface area contributed by atoms with E-state index in [1.54, 1.807) is 0 Å². The van der Waals surface area contributed by atoms with Crippen molar-refractivity contribution in [3.8, 4) is 0 Å². The highest BCUT2D eigenvalue weighted by molar-refractivity contribution is 4.83. The third-order valence-electron chi connectivity index (χ3n) is 4.23. The first-order valence-electron chi connectivity index (χ1n) is 6.74. The summed E-state index contributed by atoms with van der Waals surface area (Å²) in [5.41, 5.74) is 0.495. The Bertz CT molecular complexity index is 166. The molecule has 0 unspecified atom stereocenters. The van der Waals surface area contributed by atoms with Gasteiger partial charge in [-0.2, -0.15) is 0 Å². The van der Waals surface area contributed by atoms with Crippen LogP contribution in [0.4, 0.5) is 0 Å². The van der Waals surface area contributed by atoms with E-state index in [1.165, 1.54) is 38.5 Å². The lowest BCUT2D eigenvalue weighted by Crippen LogP contribution is -2.30. The second kappa shape index (κ2) is 5.89. The van der Waals surface area contributed by atoms with Gasteiger partial charge in [-0.3, -0.25) is 0 Å². The molecule has 0 heterocycles. The lowest BCUT2D eigenvalue weighted by Gasteiger charge is -2.38. The van der Waals surface area contributed by atoms with Gasteiger partial charge in [-0.25, -0.2) is 0 Å². The minimum atomic E-state index is -0.00677. The Kier molecular flexibility index (Phi) is 5.11. The third-order valence-corrected chi connectivity index (χ3v) is 4.23. The molecule has 1 N–H and O–H groups in total. The fraction of sp³-hybridized carbons (Fsp3) is 1.00. The number of aliphatic hydroxyl groups is 1. The molecule has 0 saturated heterocycles. The molecule has 1 rings (SSSR count). The Hall–Kier alpha value is -0.0400. The fourth-order valence-electron chi connectivity index (χ4n) is 2.89. The van der Waals surface area contributed by atoms with Gasteiger partial charge in [0.05, 0.1) is 6.10 Å². The SMILES string of the molecule is CCCCCC(C)(C)C1CCC(O)CC1. The Morgan fingerprint density at radius 1 is 1.07 bits per heavy atom. The van der Waals surface area contributed by atoms with Gasteiger partial charge in [0.2, 0.25) is 0 Å². The molecule has 0 amide bonds. The van der Waals surface area contributed by atoms with Gasteiger partial charge in [0.1, 0.15) is 0 Å². The predicted molar refractivity (Wildman–Crippen MR) is 65.9 cm³/mol. The first kappa shape index (κ1) is 13.0. The minimum Gasteiger partial charge on any atom is -0.393 e. The number of rotatable bonds is 5. The summed E-state index contributed by atoms with van der Waals surface area (Å²) in [6, 6.07) is 0. The van der Waals surface area contributed by atoms with Crippen molar-refractivity contribution in [2.24, 2.45) is 11.3 Å². The van der Waals surface area contributed by atoms with Crippen molar-refractivity contribution in [3.63, 3.8) is 0 Å². The van der Waals surface area contributed by atoms with Crippen molar-refractivity contribution in [1.29, 1.82) is 0 Å². The maximum absolute atomic E-state index is 9.51. The molecule has 0 radical (unpaired) electrons. The van der Waals surface area contributed by atoms with Gasteiger partial charge in [0, 0.05) is 0 Å². The van der Waals surface area contributed by atoms with E-state index in [-0.39, 0.29) is 6.10 Å². The van der Waals surface area contributed by atoms with Crippen molar-refractivity contribution < 1.29 is 5.11 Å². The standard InChI is InChI=1S/C14H28O/c1-4-5-6-11-14(2,3)12-7-9-13(15)10-8-12/h12-13,15H,4-11H2,1-3H3. The van der Waals surface area contributed by atoms with Gasteiger partial charge < -0.3 is 5.11 Å². The van der Waals surface area contributed by atoms with Crippen LogP contribution < -0.4 is 0 Å². The predicted octanol–water partition coefficient (Wildman–Crippen LogP) is 4.14. The lowest BCUT2D eigenvalue weighted by atomic mass is 9.68. The van der Waals surface area contributed by atoms with Crippen LogP contribution in [0.25, 0.3) is 0 Å². The number of hydrogen-bond acceptors (Lipinski definition) is 1. The highest BCUT2D eigenvalue weighted by Crippen LogP contribution is 2.41. The highest BCUT2D eigenvalue weighted by Gasteiger charge is 2.31. The highest BCUT2D eigenvalue weighted by atomic mass is 16.3. The Balaban J connectivity index is 2.32. The van der Waals surface area contributed by atoms with Crippen LogP contribution in [0.15, 0.2) is 0 Å². The average Bonchev–Trinajstić information content (AvgIpc) is 2.18. The van der Waals surface area contributed by atoms with E-state index < -0.39 is 0 Å². The van der Waals surface area contributed by atoms with Crippen LogP contribution >= 0.6 is 0 Å². The van der Waals surface area contributed by atoms with Crippen LogP contribution in [-0.4, -0.2) is 11.2 Å². The molecular formula is C14H28O. The molecule has 15 heavy (non-hydrogen) atoms. The molecule has 1 heteroatoms. The largest absolute Gasteiger partial charge is 0.393 e. The van der Waals surface area contributed by atoms with Crippen molar-refractivity contribution in [3.05, 3.63) is 0 Å².